The second-order valence-corrected chi connectivity index (χ2v) is 7.30. The number of para-hydroxylation sites is 1. The number of nitrogens with one attached hydrogen (secondary N) is 1. The Morgan fingerprint density at radius 1 is 1.20 bits per heavy atom. The Labute approximate surface area is 173 Å². The van der Waals surface area contributed by atoms with Crippen molar-refractivity contribution >= 4 is 5.91 Å². The third-order valence-electron chi connectivity index (χ3n) is 4.93. The molecule has 1 heterocycles. The molecule has 1 N–H and O–H groups in total. The van der Waals surface area contributed by atoms with Gasteiger partial charge >= 0.3 is 5.69 Å². The van der Waals surface area contributed by atoms with Gasteiger partial charge in [0.1, 0.15) is 11.6 Å². The van der Waals surface area contributed by atoms with Gasteiger partial charge in [0, 0.05) is 18.2 Å². The summed E-state index contributed by atoms with van der Waals surface area (Å²) < 4.78 is 21.9. The third kappa shape index (κ3) is 4.42. The maximum Gasteiger partial charge on any atom is 0.346 e. The third-order valence-corrected chi connectivity index (χ3v) is 4.93. The smallest absolute Gasteiger partial charge is 0.346 e. The van der Waals surface area contributed by atoms with Crippen molar-refractivity contribution in [1.29, 1.82) is 0 Å². The van der Waals surface area contributed by atoms with Crippen molar-refractivity contribution in [1.82, 2.24) is 19.7 Å². The molecule has 2 aromatic carbocycles. The van der Waals surface area contributed by atoms with E-state index in [1.807, 2.05) is 18.2 Å². The van der Waals surface area contributed by atoms with Gasteiger partial charge in [0.2, 0.25) is 0 Å². The van der Waals surface area contributed by atoms with Crippen molar-refractivity contribution < 1.29 is 13.9 Å². The number of benzene rings is 2. The Morgan fingerprint density at radius 3 is 2.57 bits per heavy atom. The second kappa shape index (κ2) is 8.52. The Kier molecular flexibility index (Phi) is 5.65. The van der Waals surface area contributed by atoms with E-state index in [1.165, 1.54) is 16.8 Å². The van der Waals surface area contributed by atoms with E-state index in [0.717, 1.165) is 12.8 Å². The van der Waals surface area contributed by atoms with Gasteiger partial charge in [-0.3, -0.25) is 9.36 Å². The first-order chi connectivity index (χ1) is 14.5. The lowest BCUT2D eigenvalue weighted by atomic mass is 10.2. The second-order valence-electron chi connectivity index (χ2n) is 7.30. The van der Waals surface area contributed by atoms with E-state index < -0.39 is 6.10 Å². The van der Waals surface area contributed by atoms with Crippen LogP contribution in [0.25, 0.3) is 11.4 Å². The van der Waals surface area contributed by atoms with Gasteiger partial charge < -0.3 is 10.1 Å². The van der Waals surface area contributed by atoms with Crippen LogP contribution in [0.3, 0.4) is 0 Å². The van der Waals surface area contributed by atoms with E-state index in [2.05, 4.69) is 10.4 Å². The summed E-state index contributed by atoms with van der Waals surface area (Å²) in [6, 6.07) is 15.2. The van der Waals surface area contributed by atoms with E-state index in [0.29, 0.717) is 17.1 Å². The molecule has 1 aromatic heterocycles. The molecule has 0 spiro atoms. The summed E-state index contributed by atoms with van der Waals surface area (Å²) in [7, 11) is 0. The number of hydrogen-bond donors (Lipinski definition) is 1. The number of rotatable bonds is 8. The van der Waals surface area contributed by atoms with Crippen LogP contribution in [0.4, 0.5) is 4.39 Å². The Hall–Kier alpha value is -3.42. The van der Waals surface area contributed by atoms with E-state index in [-0.39, 0.29) is 36.5 Å². The summed E-state index contributed by atoms with van der Waals surface area (Å²) in [5.41, 5.74) is 0.465. The maximum absolute atomic E-state index is 13.3. The topological polar surface area (TPSA) is 78.2 Å². The van der Waals surface area contributed by atoms with Gasteiger partial charge in [-0.1, -0.05) is 18.2 Å². The summed E-state index contributed by atoms with van der Waals surface area (Å²) in [5.74, 6) is 0.526. The lowest BCUT2D eigenvalue weighted by molar-refractivity contribution is -0.127. The molecule has 8 heteroatoms. The van der Waals surface area contributed by atoms with Crippen molar-refractivity contribution in [2.75, 3.05) is 6.54 Å². The zero-order valence-corrected chi connectivity index (χ0v) is 16.6. The Bertz CT molecular complexity index is 1070. The fraction of sp³-hybridized carbons (Fsp3) is 0.318. The molecule has 1 amide bonds. The number of nitrogens with zero attached hydrogens (tertiary/aromatic N) is 3. The molecule has 0 radical (unpaired) electrons. The molecule has 1 aliphatic rings. The van der Waals surface area contributed by atoms with Crippen LogP contribution < -0.4 is 15.7 Å². The first-order valence-electron chi connectivity index (χ1n) is 9.97. The molecule has 1 unspecified atom stereocenters. The van der Waals surface area contributed by atoms with Crippen LogP contribution in [0.1, 0.15) is 25.8 Å². The number of ether oxygens (including phenoxy) is 1. The monoisotopic (exact) mass is 410 g/mol. The zero-order chi connectivity index (χ0) is 21.1. The highest BCUT2D eigenvalue weighted by atomic mass is 19.1. The molecular formula is C22H23FN4O3. The first-order valence-corrected chi connectivity index (χ1v) is 9.97. The van der Waals surface area contributed by atoms with Crippen LogP contribution in [-0.2, 0) is 11.3 Å². The number of amides is 1. The summed E-state index contributed by atoms with van der Waals surface area (Å²) in [4.78, 5) is 25.1. The van der Waals surface area contributed by atoms with Crippen LogP contribution in [0, 0.1) is 5.82 Å². The lowest BCUT2D eigenvalue weighted by Crippen LogP contribution is -2.39. The molecule has 30 heavy (non-hydrogen) atoms. The molecule has 3 aromatic rings. The minimum Gasteiger partial charge on any atom is -0.481 e. The maximum atomic E-state index is 13.3. The van der Waals surface area contributed by atoms with Gasteiger partial charge in [-0.25, -0.2) is 13.9 Å². The minimum atomic E-state index is -0.664. The summed E-state index contributed by atoms with van der Waals surface area (Å²) in [6.07, 6.45) is 1.18. The Balaban J connectivity index is 1.41. The molecule has 1 aliphatic carbocycles. The molecule has 7 nitrogen and oxygen atoms in total. The number of carbonyl (C=O) groups excluding carboxylic acids is 1. The van der Waals surface area contributed by atoms with Crippen molar-refractivity contribution in [3.8, 4) is 17.1 Å². The van der Waals surface area contributed by atoms with E-state index in [1.54, 1.807) is 35.8 Å². The highest BCUT2D eigenvalue weighted by Crippen LogP contribution is 2.36. The molecule has 0 aliphatic heterocycles. The SMILES string of the molecule is CC(Oc1ccccc1)C(=O)NCCn1nc(-c2ccc(F)cc2)n(C2CC2)c1=O. The molecule has 0 bridgehead atoms. The first kappa shape index (κ1) is 19.9. The van der Waals surface area contributed by atoms with Crippen molar-refractivity contribution in [2.45, 2.75) is 38.5 Å². The average Bonchev–Trinajstić information content (AvgIpc) is 3.53. The van der Waals surface area contributed by atoms with Crippen molar-refractivity contribution in [3.05, 3.63) is 70.9 Å². The predicted molar refractivity (Wildman–Crippen MR) is 110 cm³/mol. The van der Waals surface area contributed by atoms with Gasteiger partial charge in [-0.05, 0) is 56.2 Å². The van der Waals surface area contributed by atoms with Crippen molar-refractivity contribution in [3.63, 3.8) is 0 Å². The fourth-order valence-corrected chi connectivity index (χ4v) is 3.21. The highest BCUT2D eigenvalue weighted by Gasteiger charge is 2.30. The lowest BCUT2D eigenvalue weighted by Gasteiger charge is -2.14. The van der Waals surface area contributed by atoms with E-state index in [4.69, 9.17) is 4.74 Å². The number of carbonyl (C=O) groups is 1. The van der Waals surface area contributed by atoms with Crippen LogP contribution in [0.2, 0.25) is 0 Å². The molecule has 1 atom stereocenters. The van der Waals surface area contributed by atoms with Crippen LogP contribution in [0.5, 0.6) is 5.75 Å². The van der Waals surface area contributed by atoms with Gasteiger partial charge in [0.05, 0.1) is 6.54 Å². The van der Waals surface area contributed by atoms with Crippen molar-refractivity contribution in [2.24, 2.45) is 0 Å². The molecule has 156 valence electrons. The van der Waals surface area contributed by atoms with Gasteiger partial charge in [0.25, 0.3) is 5.91 Å². The number of aromatic nitrogens is 3. The Morgan fingerprint density at radius 2 is 1.90 bits per heavy atom. The summed E-state index contributed by atoms with van der Waals surface area (Å²) >= 11 is 0. The quantitative estimate of drug-likeness (QED) is 0.620. The summed E-state index contributed by atoms with van der Waals surface area (Å²) in [5, 5.41) is 7.22. The normalized spacial score (nSPS) is 14.3. The largest absolute Gasteiger partial charge is 0.481 e. The minimum absolute atomic E-state index is 0.125. The molecule has 4 rings (SSSR count). The molecule has 1 saturated carbocycles. The van der Waals surface area contributed by atoms with E-state index >= 15 is 0 Å². The van der Waals surface area contributed by atoms with Crippen LogP contribution in [0.15, 0.2) is 59.4 Å². The molecule has 0 saturated heterocycles. The standard InChI is InChI=1S/C22H23FN4O3/c1-15(30-19-5-3-2-4-6-19)21(28)24-13-14-26-22(29)27(18-11-12-18)20(25-26)16-7-9-17(23)10-8-16/h2-10,15,18H,11-14H2,1H3,(H,24,28). The van der Waals surface area contributed by atoms with Gasteiger partial charge in [-0.2, -0.15) is 0 Å². The summed E-state index contributed by atoms with van der Waals surface area (Å²) in [6.45, 7) is 2.14. The molecule has 1 fully saturated rings. The highest BCUT2D eigenvalue weighted by molar-refractivity contribution is 5.80. The van der Waals surface area contributed by atoms with Crippen LogP contribution >= 0.6 is 0 Å². The molecular weight excluding hydrogens is 387 g/mol. The predicted octanol–water partition coefficient (Wildman–Crippen LogP) is 2.77. The number of hydrogen-bond acceptors (Lipinski definition) is 4. The average molecular weight is 410 g/mol. The fourth-order valence-electron chi connectivity index (χ4n) is 3.21. The van der Waals surface area contributed by atoms with Crippen LogP contribution in [-0.4, -0.2) is 32.9 Å². The number of halogens is 1. The van der Waals surface area contributed by atoms with E-state index in [9.17, 15) is 14.0 Å². The van der Waals surface area contributed by atoms with Gasteiger partial charge in [-0.15, -0.1) is 5.10 Å². The van der Waals surface area contributed by atoms with Gasteiger partial charge in [0.15, 0.2) is 11.9 Å². The zero-order valence-electron chi connectivity index (χ0n) is 16.6.